The zero-order valence-corrected chi connectivity index (χ0v) is 12.8. The van der Waals surface area contributed by atoms with E-state index >= 15 is 0 Å². The lowest BCUT2D eigenvalue weighted by Crippen LogP contribution is -2.47. The van der Waals surface area contributed by atoms with Gasteiger partial charge in [0, 0.05) is 13.2 Å². The van der Waals surface area contributed by atoms with E-state index in [4.69, 9.17) is 4.74 Å². The summed E-state index contributed by atoms with van der Waals surface area (Å²) in [5.41, 5.74) is 0. The molecule has 1 N–H and O–H groups in total. The van der Waals surface area contributed by atoms with Crippen molar-refractivity contribution in [3.63, 3.8) is 0 Å². The molecular formula is C14H26N2O4. The van der Waals surface area contributed by atoms with E-state index in [1.165, 1.54) is 7.11 Å². The van der Waals surface area contributed by atoms with Gasteiger partial charge in [-0.1, -0.05) is 13.3 Å². The highest BCUT2D eigenvalue weighted by atomic mass is 16.5. The highest BCUT2D eigenvalue weighted by Gasteiger charge is 2.35. The number of nitrogens with zero attached hydrogens (tertiary/aromatic N) is 1. The summed E-state index contributed by atoms with van der Waals surface area (Å²) in [7, 11) is 3.21. The number of unbranched alkanes of at least 4 members (excludes halogenated alkanes) is 1. The Morgan fingerprint density at radius 2 is 2.15 bits per heavy atom. The molecule has 6 heteroatoms. The van der Waals surface area contributed by atoms with Gasteiger partial charge in [-0.25, -0.2) is 4.79 Å². The second-order valence-electron chi connectivity index (χ2n) is 5.29. The largest absolute Gasteiger partial charge is 0.467 e. The molecule has 6 nitrogen and oxygen atoms in total. The zero-order chi connectivity index (χ0) is 15.1. The van der Waals surface area contributed by atoms with Gasteiger partial charge in [0.1, 0.15) is 6.04 Å². The van der Waals surface area contributed by atoms with Crippen LogP contribution in [0.1, 0.15) is 33.1 Å². The molecule has 1 aliphatic heterocycles. The van der Waals surface area contributed by atoms with E-state index in [2.05, 4.69) is 17.0 Å². The molecular weight excluding hydrogens is 260 g/mol. The minimum Gasteiger partial charge on any atom is -0.467 e. The molecule has 1 aliphatic rings. The SMILES string of the molecule is CCCCO[C@@H]1C[C@@H](C(=O)N[C@H](C)C(=O)OC)N(C)C1. The fourth-order valence-electron chi connectivity index (χ4n) is 2.32. The van der Waals surface area contributed by atoms with Crippen molar-refractivity contribution in [2.45, 2.75) is 51.3 Å². The van der Waals surface area contributed by atoms with Crippen molar-refractivity contribution in [1.29, 1.82) is 0 Å². The molecule has 0 saturated carbocycles. The standard InChI is InChI=1S/C14H26N2O4/c1-5-6-7-20-11-8-12(16(3)9-11)13(17)15-10(2)14(18)19-4/h10-12H,5-9H2,1-4H3,(H,15,17)/t10-,11-,12+/m1/s1. The molecule has 0 radical (unpaired) electrons. The molecule has 1 amide bonds. The predicted octanol–water partition coefficient (Wildman–Crippen LogP) is 0.554. The number of likely N-dealkylation sites (tertiary alicyclic amines) is 1. The summed E-state index contributed by atoms with van der Waals surface area (Å²) in [5.74, 6) is -0.582. The molecule has 0 aromatic heterocycles. The maximum atomic E-state index is 12.1. The third-order valence-electron chi connectivity index (χ3n) is 3.58. The Hall–Kier alpha value is -1.14. The number of rotatable bonds is 7. The lowest BCUT2D eigenvalue weighted by Gasteiger charge is -2.20. The number of nitrogens with one attached hydrogen (secondary N) is 1. The molecule has 1 saturated heterocycles. The van der Waals surface area contributed by atoms with Crippen LogP contribution in [0, 0.1) is 0 Å². The molecule has 0 aliphatic carbocycles. The van der Waals surface area contributed by atoms with Gasteiger partial charge in [0.15, 0.2) is 0 Å². The fraction of sp³-hybridized carbons (Fsp3) is 0.857. The minimum atomic E-state index is -0.624. The third-order valence-corrected chi connectivity index (χ3v) is 3.58. The third kappa shape index (κ3) is 4.76. The van der Waals surface area contributed by atoms with Crippen molar-refractivity contribution in [3.8, 4) is 0 Å². The van der Waals surface area contributed by atoms with Crippen LogP contribution in [0.2, 0.25) is 0 Å². The lowest BCUT2D eigenvalue weighted by molar-refractivity contribution is -0.145. The molecule has 3 atom stereocenters. The number of likely N-dealkylation sites (N-methyl/N-ethyl adjacent to an activating group) is 1. The monoisotopic (exact) mass is 286 g/mol. The summed E-state index contributed by atoms with van der Waals surface area (Å²) >= 11 is 0. The van der Waals surface area contributed by atoms with E-state index in [9.17, 15) is 9.59 Å². The van der Waals surface area contributed by atoms with Gasteiger partial charge in [0.2, 0.25) is 5.91 Å². The van der Waals surface area contributed by atoms with Crippen molar-refractivity contribution in [1.82, 2.24) is 10.2 Å². The average Bonchev–Trinajstić information content (AvgIpc) is 2.79. The summed E-state index contributed by atoms with van der Waals surface area (Å²) in [6.07, 6.45) is 2.90. The minimum absolute atomic E-state index is 0.0933. The van der Waals surface area contributed by atoms with Crippen molar-refractivity contribution in [3.05, 3.63) is 0 Å². The second kappa shape index (κ2) is 8.21. The Morgan fingerprint density at radius 1 is 1.45 bits per heavy atom. The van der Waals surface area contributed by atoms with Gasteiger partial charge in [-0.15, -0.1) is 0 Å². The zero-order valence-electron chi connectivity index (χ0n) is 12.8. The first-order valence-electron chi connectivity index (χ1n) is 7.19. The van der Waals surface area contributed by atoms with Gasteiger partial charge in [-0.3, -0.25) is 9.69 Å². The highest BCUT2D eigenvalue weighted by molar-refractivity contribution is 5.87. The van der Waals surface area contributed by atoms with Crippen LogP contribution in [0.3, 0.4) is 0 Å². The van der Waals surface area contributed by atoms with Crippen LogP contribution >= 0.6 is 0 Å². The Labute approximate surface area is 120 Å². The van der Waals surface area contributed by atoms with Crippen LogP contribution in [0.25, 0.3) is 0 Å². The van der Waals surface area contributed by atoms with Crippen LogP contribution in [-0.2, 0) is 19.1 Å². The van der Waals surface area contributed by atoms with E-state index in [0.29, 0.717) is 6.42 Å². The van der Waals surface area contributed by atoms with Gasteiger partial charge in [-0.2, -0.15) is 0 Å². The van der Waals surface area contributed by atoms with Gasteiger partial charge >= 0.3 is 5.97 Å². The fourth-order valence-corrected chi connectivity index (χ4v) is 2.32. The maximum Gasteiger partial charge on any atom is 0.328 e. The number of carbonyl (C=O) groups excluding carboxylic acids is 2. The molecule has 0 aromatic carbocycles. The van der Waals surface area contributed by atoms with E-state index in [1.807, 2.05) is 11.9 Å². The number of amides is 1. The molecule has 20 heavy (non-hydrogen) atoms. The Bertz CT molecular complexity index is 335. The number of hydrogen-bond donors (Lipinski definition) is 1. The van der Waals surface area contributed by atoms with Gasteiger partial charge in [-0.05, 0) is 26.8 Å². The van der Waals surface area contributed by atoms with E-state index in [-0.39, 0.29) is 18.1 Å². The number of hydrogen-bond acceptors (Lipinski definition) is 5. The summed E-state index contributed by atoms with van der Waals surface area (Å²) in [4.78, 5) is 25.4. The number of carbonyl (C=O) groups is 2. The maximum absolute atomic E-state index is 12.1. The second-order valence-corrected chi connectivity index (χ2v) is 5.29. The molecule has 0 unspecified atom stereocenters. The lowest BCUT2D eigenvalue weighted by atomic mass is 10.1. The Balaban J connectivity index is 2.42. The summed E-state index contributed by atoms with van der Waals surface area (Å²) < 4.78 is 10.4. The predicted molar refractivity (Wildman–Crippen MR) is 75.3 cm³/mol. The quantitative estimate of drug-likeness (QED) is 0.547. The Kier molecular flexibility index (Phi) is 6.95. The van der Waals surface area contributed by atoms with Crippen molar-refractivity contribution in [2.24, 2.45) is 0 Å². The average molecular weight is 286 g/mol. The van der Waals surface area contributed by atoms with Crippen molar-refractivity contribution in [2.75, 3.05) is 27.3 Å². The van der Waals surface area contributed by atoms with Gasteiger partial charge in [0.25, 0.3) is 0 Å². The molecule has 0 spiro atoms. The number of ether oxygens (including phenoxy) is 2. The van der Waals surface area contributed by atoms with Crippen LogP contribution in [0.4, 0.5) is 0 Å². The van der Waals surface area contributed by atoms with Crippen LogP contribution < -0.4 is 5.32 Å². The number of methoxy groups -OCH3 is 1. The topological polar surface area (TPSA) is 67.9 Å². The molecule has 1 rings (SSSR count). The molecule has 116 valence electrons. The normalized spacial score (nSPS) is 24.4. The summed E-state index contributed by atoms with van der Waals surface area (Å²) in [6.45, 7) is 5.22. The smallest absolute Gasteiger partial charge is 0.328 e. The molecule has 1 heterocycles. The van der Waals surface area contributed by atoms with E-state index in [0.717, 1.165) is 26.0 Å². The summed E-state index contributed by atoms with van der Waals surface area (Å²) in [5, 5.41) is 2.68. The van der Waals surface area contributed by atoms with Crippen LogP contribution in [0.5, 0.6) is 0 Å². The summed E-state index contributed by atoms with van der Waals surface area (Å²) in [6, 6.07) is -0.866. The molecule has 0 bridgehead atoms. The van der Waals surface area contributed by atoms with Gasteiger partial charge in [0.05, 0.1) is 19.3 Å². The van der Waals surface area contributed by atoms with Crippen molar-refractivity contribution < 1.29 is 19.1 Å². The molecule has 1 fully saturated rings. The number of esters is 1. The highest BCUT2D eigenvalue weighted by Crippen LogP contribution is 2.19. The van der Waals surface area contributed by atoms with E-state index in [1.54, 1.807) is 6.92 Å². The van der Waals surface area contributed by atoms with Gasteiger partial charge < -0.3 is 14.8 Å². The first kappa shape index (κ1) is 16.9. The van der Waals surface area contributed by atoms with Crippen LogP contribution in [0.15, 0.2) is 0 Å². The molecule has 0 aromatic rings. The van der Waals surface area contributed by atoms with Crippen molar-refractivity contribution >= 4 is 11.9 Å². The first-order valence-corrected chi connectivity index (χ1v) is 7.19. The van der Waals surface area contributed by atoms with Crippen LogP contribution in [-0.4, -0.2) is 62.3 Å². The van der Waals surface area contributed by atoms with E-state index < -0.39 is 12.0 Å². The first-order chi connectivity index (χ1) is 9.49. The Morgan fingerprint density at radius 3 is 2.75 bits per heavy atom.